The minimum Gasteiger partial charge on any atom is -0.481 e. The van der Waals surface area contributed by atoms with Crippen LogP contribution in [0.1, 0.15) is 132 Å². The van der Waals surface area contributed by atoms with Crippen LogP contribution in [0.2, 0.25) is 0 Å². The predicted molar refractivity (Wildman–Crippen MR) is 217 cm³/mol. The van der Waals surface area contributed by atoms with Crippen LogP contribution < -0.4 is 0 Å². The van der Waals surface area contributed by atoms with Crippen molar-refractivity contribution >= 4 is 29.1 Å². The van der Waals surface area contributed by atoms with Crippen LogP contribution in [0, 0.1) is 56.2 Å². The molecule has 1 heterocycles. The van der Waals surface area contributed by atoms with Gasteiger partial charge in [-0.15, -0.1) is 11.3 Å². The number of carbonyl (C=O) groups excluding carboxylic acids is 2. The maximum absolute atomic E-state index is 14.3. The number of nitrogens with zero attached hydrogens (tertiary/aromatic N) is 3. The van der Waals surface area contributed by atoms with E-state index in [1.165, 1.54) is 5.57 Å². The monoisotopic (exact) mass is 782 g/mol. The first-order valence-electron chi connectivity index (χ1n) is 21.2. The molecule has 0 amide bonds. The number of aliphatic hydroxyl groups excluding tert-OH is 1. The van der Waals surface area contributed by atoms with E-state index in [2.05, 4.69) is 82.7 Å². The number of ketones is 1. The number of rotatable bonds is 13. The van der Waals surface area contributed by atoms with Crippen LogP contribution in [0.4, 0.5) is 0 Å². The number of Topliss-reactive ketones (excluding diaryl/α,β-unsaturated/α-hetero) is 1. The summed E-state index contributed by atoms with van der Waals surface area (Å²) in [6.45, 7) is 22.6. The Morgan fingerprint density at radius 2 is 1.69 bits per heavy atom. The Balaban J connectivity index is 1.28. The highest BCUT2D eigenvalue weighted by molar-refractivity contribution is 7.07. The van der Waals surface area contributed by atoms with Gasteiger partial charge in [-0.05, 0) is 125 Å². The number of carboxylic acids is 1. The molecule has 0 aromatic carbocycles. The fourth-order valence-corrected chi connectivity index (χ4v) is 14.0. The van der Waals surface area contributed by atoms with Crippen LogP contribution in [0.5, 0.6) is 0 Å². The maximum atomic E-state index is 14.3. The van der Waals surface area contributed by atoms with Crippen LogP contribution in [-0.4, -0.2) is 88.7 Å². The molecule has 55 heavy (non-hydrogen) atoms. The number of carboxylic acid groups (broad SMARTS) is 1. The van der Waals surface area contributed by atoms with Gasteiger partial charge in [0.15, 0.2) is 5.78 Å². The smallest absolute Gasteiger partial charge is 0.309 e. The third-order valence-corrected chi connectivity index (χ3v) is 17.3. The lowest BCUT2D eigenvalue weighted by atomic mass is 9.33. The summed E-state index contributed by atoms with van der Waals surface area (Å²) in [7, 11) is 4.17. The van der Waals surface area contributed by atoms with Crippen molar-refractivity contribution < 1.29 is 29.3 Å². The normalized spacial score (nSPS) is 36.4. The fourth-order valence-electron chi connectivity index (χ4n) is 13.5. The summed E-state index contributed by atoms with van der Waals surface area (Å²) in [6.07, 6.45) is 7.22. The minimum absolute atomic E-state index is 0.0196. The van der Waals surface area contributed by atoms with E-state index in [4.69, 9.17) is 4.74 Å². The summed E-state index contributed by atoms with van der Waals surface area (Å²) < 4.78 is 6.19. The van der Waals surface area contributed by atoms with E-state index in [0.717, 1.165) is 75.7 Å². The number of aliphatic hydroxyl groups is 1. The first kappa shape index (κ1) is 42.5. The number of likely N-dealkylation sites (N-methyl/N-ethyl adjacent to an activating group) is 1. The number of fused-ring (bicyclic) bond motifs is 7. The highest BCUT2D eigenvalue weighted by Gasteiger charge is 2.71. The third-order valence-electron chi connectivity index (χ3n) is 16.7. The number of aliphatic carboxylic acids is 1. The SMILES string of the molecule is CC(C)C1=C2[C@H]3CC[C@@H]4[C@@]5(C)CC[C@H](OC(=O)CC(C)(C)C(=O)O)C(C)(C)[C@@H]5CC[C@@]4(C)[C@]3(C)CCC2(C(O)CN(CCN(C)C)Cc2cscn2)CC1=O. The van der Waals surface area contributed by atoms with E-state index in [9.17, 15) is 24.6 Å². The number of esters is 1. The Bertz CT molecular complexity index is 1650. The zero-order chi connectivity index (χ0) is 40.5. The molecule has 2 unspecified atom stereocenters. The number of hydrogen-bond donors (Lipinski definition) is 2. The second kappa shape index (κ2) is 14.9. The van der Waals surface area contributed by atoms with E-state index < -0.39 is 28.9 Å². The summed E-state index contributed by atoms with van der Waals surface area (Å²) in [4.78, 5) is 48.3. The molecule has 5 aliphatic carbocycles. The first-order chi connectivity index (χ1) is 25.5. The van der Waals surface area contributed by atoms with Crippen molar-refractivity contribution in [3.05, 3.63) is 27.7 Å². The van der Waals surface area contributed by atoms with E-state index in [-0.39, 0.29) is 51.8 Å². The highest BCUT2D eigenvalue weighted by atomic mass is 32.1. The van der Waals surface area contributed by atoms with Gasteiger partial charge in [0.2, 0.25) is 0 Å². The van der Waals surface area contributed by atoms with Crippen LogP contribution in [0.15, 0.2) is 22.0 Å². The van der Waals surface area contributed by atoms with Crippen LogP contribution in [0.3, 0.4) is 0 Å². The van der Waals surface area contributed by atoms with E-state index in [1.54, 1.807) is 25.2 Å². The average Bonchev–Trinajstić information content (AvgIpc) is 3.70. The number of ether oxygens (including phenoxy) is 1. The molecule has 308 valence electrons. The predicted octanol–water partition coefficient (Wildman–Crippen LogP) is 8.26. The standard InChI is InChI=1S/C45H71N3O6S/c1-28(2)37-31(49)22-45(34(50)25-48(21-20-47(10)11)24-29-26-55-27-46-29)19-18-43(8)30(38(37)45)12-13-33-42(7)16-15-35(54-36(51)23-40(3,4)39(52)53)41(5,6)32(42)14-17-44(33,43)9/h26-28,30,32-35,50H,12-25H2,1-11H3,(H,52,53)/t30-,32+,33-,34?,35+,42+,43-,44-,45?/m1/s1. The zero-order valence-corrected chi connectivity index (χ0v) is 36.6. The lowest BCUT2D eigenvalue weighted by Crippen LogP contribution is -2.66. The van der Waals surface area contributed by atoms with E-state index >= 15 is 0 Å². The summed E-state index contributed by atoms with van der Waals surface area (Å²) in [5, 5.41) is 24.3. The van der Waals surface area contributed by atoms with E-state index in [1.807, 2.05) is 5.51 Å². The molecule has 0 bridgehead atoms. The lowest BCUT2D eigenvalue weighted by molar-refractivity contribution is -0.235. The number of hydrogen-bond acceptors (Lipinski definition) is 9. The van der Waals surface area contributed by atoms with Crippen LogP contribution in [-0.2, 0) is 25.7 Å². The third kappa shape index (κ3) is 7.09. The Morgan fingerprint density at radius 3 is 2.31 bits per heavy atom. The van der Waals surface area contributed by atoms with Gasteiger partial charge in [-0.3, -0.25) is 19.3 Å². The van der Waals surface area contributed by atoms with Crippen molar-refractivity contribution in [1.29, 1.82) is 0 Å². The fraction of sp³-hybridized carbons (Fsp3) is 0.822. The summed E-state index contributed by atoms with van der Waals surface area (Å²) >= 11 is 1.60. The number of aromatic nitrogens is 1. The van der Waals surface area contributed by atoms with Crippen molar-refractivity contribution in [2.45, 2.75) is 145 Å². The van der Waals surface area contributed by atoms with E-state index in [0.29, 0.717) is 31.3 Å². The van der Waals surface area contributed by atoms with Gasteiger partial charge in [0, 0.05) is 48.8 Å². The molecule has 2 N–H and O–H groups in total. The molecule has 1 aromatic rings. The van der Waals surface area contributed by atoms with Crippen molar-refractivity contribution in [2.75, 3.05) is 33.7 Å². The second-order valence-electron chi connectivity index (χ2n) is 21.1. The Labute approximate surface area is 335 Å². The summed E-state index contributed by atoms with van der Waals surface area (Å²) in [5.74, 6) is 0.0503. The average molecular weight is 782 g/mol. The summed E-state index contributed by atoms with van der Waals surface area (Å²) in [5.41, 5.74) is 3.35. The molecule has 10 heteroatoms. The molecular formula is C45H71N3O6S. The quantitative estimate of drug-likeness (QED) is 0.191. The highest BCUT2D eigenvalue weighted by Crippen LogP contribution is 2.77. The molecule has 0 radical (unpaired) electrons. The van der Waals surface area contributed by atoms with Gasteiger partial charge >= 0.3 is 11.9 Å². The maximum Gasteiger partial charge on any atom is 0.309 e. The van der Waals surface area contributed by atoms with Crippen molar-refractivity contribution in [3.8, 4) is 0 Å². The lowest BCUT2D eigenvalue weighted by Gasteiger charge is -2.72. The van der Waals surface area contributed by atoms with Crippen molar-refractivity contribution in [3.63, 3.8) is 0 Å². The molecule has 9 nitrogen and oxygen atoms in total. The van der Waals surface area contributed by atoms with Gasteiger partial charge in [0.25, 0.3) is 0 Å². The molecular weight excluding hydrogens is 711 g/mol. The molecule has 1 aromatic heterocycles. The molecule has 0 spiro atoms. The first-order valence-corrected chi connectivity index (χ1v) is 22.1. The summed E-state index contributed by atoms with van der Waals surface area (Å²) in [6, 6.07) is 0. The topological polar surface area (TPSA) is 120 Å². The van der Waals surface area contributed by atoms with Crippen molar-refractivity contribution in [2.24, 2.45) is 56.2 Å². The molecule has 4 saturated carbocycles. The largest absolute Gasteiger partial charge is 0.481 e. The van der Waals surface area contributed by atoms with Gasteiger partial charge < -0.3 is 19.8 Å². The zero-order valence-electron chi connectivity index (χ0n) is 35.8. The molecule has 0 aliphatic heterocycles. The Hall–Kier alpha value is -2.14. The van der Waals surface area contributed by atoms with Gasteiger partial charge in [0.05, 0.1) is 29.1 Å². The molecule has 4 fully saturated rings. The Kier molecular flexibility index (Phi) is 11.5. The Morgan fingerprint density at radius 1 is 0.982 bits per heavy atom. The number of thiazole rings is 1. The van der Waals surface area contributed by atoms with Crippen LogP contribution in [0.25, 0.3) is 0 Å². The molecule has 5 aliphatic rings. The number of carbonyl (C=O) groups is 3. The van der Waals surface area contributed by atoms with Gasteiger partial charge in [-0.2, -0.15) is 0 Å². The molecule has 0 saturated heterocycles. The molecule has 6 rings (SSSR count). The number of allylic oxidation sites excluding steroid dienone is 1. The van der Waals surface area contributed by atoms with Gasteiger partial charge in [0.1, 0.15) is 6.10 Å². The van der Waals surface area contributed by atoms with Gasteiger partial charge in [-0.1, -0.05) is 54.0 Å². The molecule has 9 atom stereocenters. The van der Waals surface area contributed by atoms with Crippen molar-refractivity contribution in [1.82, 2.24) is 14.8 Å². The van der Waals surface area contributed by atoms with Crippen LogP contribution >= 0.6 is 11.3 Å². The second-order valence-corrected chi connectivity index (χ2v) is 21.8. The minimum atomic E-state index is -1.17. The van der Waals surface area contributed by atoms with Gasteiger partial charge in [-0.25, -0.2) is 4.98 Å².